The second-order valence-electron chi connectivity index (χ2n) is 6.60. The maximum atomic E-state index is 12.9. The number of fused-ring (bicyclic) bond motifs is 2. The number of benzene rings is 2. The molecule has 1 aromatic heterocycles. The second kappa shape index (κ2) is 7.72. The summed E-state index contributed by atoms with van der Waals surface area (Å²) < 4.78 is 13.2. The molecular weight excluding hydrogens is 358 g/mol. The van der Waals surface area contributed by atoms with Crippen molar-refractivity contribution in [3.63, 3.8) is 0 Å². The van der Waals surface area contributed by atoms with E-state index in [0.717, 1.165) is 0 Å². The fourth-order valence-electron chi connectivity index (χ4n) is 3.32. The van der Waals surface area contributed by atoms with Gasteiger partial charge in [0, 0.05) is 6.54 Å². The molecule has 0 N–H and O–H groups in total. The van der Waals surface area contributed by atoms with Crippen LogP contribution in [0.2, 0.25) is 0 Å². The van der Waals surface area contributed by atoms with Crippen LogP contribution >= 0.6 is 0 Å². The Morgan fingerprint density at radius 2 is 1.93 bits per heavy atom. The van der Waals surface area contributed by atoms with Crippen molar-refractivity contribution in [1.29, 1.82) is 0 Å². The highest BCUT2D eigenvalue weighted by molar-refractivity contribution is 5.80. The Bertz CT molecular complexity index is 1060. The Kier molecular flexibility index (Phi) is 4.97. The first-order valence-corrected chi connectivity index (χ1v) is 9.26. The van der Waals surface area contributed by atoms with Gasteiger partial charge in [-0.2, -0.15) is 0 Å². The quantitative estimate of drug-likeness (QED) is 0.679. The van der Waals surface area contributed by atoms with E-state index in [-0.39, 0.29) is 24.1 Å². The van der Waals surface area contributed by atoms with Crippen LogP contribution < -0.4 is 15.0 Å². The Morgan fingerprint density at radius 3 is 2.75 bits per heavy atom. The fraction of sp³-hybridized carbons (Fsp3) is 0.286. The number of aromatic nitrogens is 2. The molecule has 2 aromatic carbocycles. The normalized spacial score (nSPS) is 15.4. The van der Waals surface area contributed by atoms with Gasteiger partial charge in [-0.15, -0.1) is 0 Å². The van der Waals surface area contributed by atoms with Gasteiger partial charge in [-0.05, 0) is 31.2 Å². The molecule has 0 bridgehead atoms. The first kappa shape index (κ1) is 18.0. The summed E-state index contributed by atoms with van der Waals surface area (Å²) in [4.78, 5) is 31.0. The molecule has 0 saturated carbocycles. The van der Waals surface area contributed by atoms with Gasteiger partial charge in [0.2, 0.25) is 5.91 Å². The lowest BCUT2D eigenvalue weighted by Gasteiger charge is -2.31. The molecule has 0 spiro atoms. The van der Waals surface area contributed by atoms with Crippen LogP contribution in [0, 0.1) is 0 Å². The minimum Gasteiger partial charge on any atom is -0.486 e. The van der Waals surface area contributed by atoms with Crippen LogP contribution in [0.3, 0.4) is 0 Å². The lowest BCUT2D eigenvalue weighted by atomic mass is 10.2. The van der Waals surface area contributed by atoms with E-state index in [0.29, 0.717) is 42.2 Å². The van der Waals surface area contributed by atoms with E-state index < -0.39 is 0 Å². The van der Waals surface area contributed by atoms with Crippen LogP contribution in [-0.2, 0) is 11.3 Å². The van der Waals surface area contributed by atoms with Crippen molar-refractivity contribution in [2.24, 2.45) is 0 Å². The average Bonchev–Trinajstić information content (AvgIpc) is 2.73. The van der Waals surface area contributed by atoms with Crippen molar-refractivity contribution in [2.75, 3.05) is 19.7 Å². The summed E-state index contributed by atoms with van der Waals surface area (Å²) in [5.74, 6) is 1.24. The van der Waals surface area contributed by atoms with Gasteiger partial charge in [-0.1, -0.05) is 24.3 Å². The van der Waals surface area contributed by atoms with E-state index >= 15 is 0 Å². The van der Waals surface area contributed by atoms with Crippen molar-refractivity contribution >= 4 is 16.9 Å². The Hall–Kier alpha value is -3.35. The summed E-state index contributed by atoms with van der Waals surface area (Å²) in [6, 6.07) is 14.8. The third-order valence-electron chi connectivity index (χ3n) is 4.77. The van der Waals surface area contributed by atoms with E-state index in [4.69, 9.17) is 9.47 Å². The van der Waals surface area contributed by atoms with Gasteiger partial charge in [0.1, 0.15) is 13.2 Å². The van der Waals surface area contributed by atoms with E-state index in [1.165, 1.54) is 10.8 Å². The van der Waals surface area contributed by atoms with Crippen molar-refractivity contribution in [3.05, 3.63) is 65.1 Å². The van der Waals surface area contributed by atoms with Crippen molar-refractivity contribution in [1.82, 2.24) is 14.5 Å². The topological polar surface area (TPSA) is 73.7 Å². The van der Waals surface area contributed by atoms with Crippen LogP contribution in [0.15, 0.2) is 59.5 Å². The number of hydrogen-bond acceptors (Lipinski definition) is 5. The summed E-state index contributed by atoms with van der Waals surface area (Å²) in [7, 11) is 0. The van der Waals surface area contributed by atoms with Crippen LogP contribution in [0.4, 0.5) is 0 Å². The second-order valence-corrected chi connectivity index (χ2v) is 6.60. The van der Waals surface area contributed by atoms with E-state index in [1.54, 1.807) is 11.0 Å². The maximum absolute atomic E-state index is 12.9. The molecule has 1 unspecified atom stereocenters. The molecule has 0 aliphatic carbocycles. The highest BCUT2D eigenvalue weighted by Crippen LogP contribution is 2.31. The van der Waals surface area contributed by atoms with Crippen molar-refractivity contribution in [2.45, 2.75) is 19.6 Å². The molecule has 1 atom stereocenters. The van der Waals surface area contributed by atoms with Gasteiger partial charge < -0.3 is 14.4 Å². The molecule has 0 radical (unpaired) electrons. The molecule has 4 rings (SSSR count). The lowest BCUT2D eigenvalue weighted by Crippen LogP contribution is -2.45. The molecule has 1 aliphatic rings. The zero-order chi connectivity index (χ0) is 19.5. The first-order chi connectivity index (χ1) is 13.7. The largest absolute Gasteiger partial charge is 0.486 e. The SMILES string of the molecule is CCN(CC1COc2ccccc2O1)C(=O)Cn1c(=O)cnc2ccccc21. The van der Waals surface area contributed by atoms with Gasteiger partial charge in [-0.3, -0.25) is 14.2 Å². The molecule has 0 fully saturated rings. The fourth-order valence-corrected chi connectivity index (χ4v) is 3.32. The maximum Gasteiger partial charge on any atom is 0.269 e. The molecule has 7 nitrogen and oxygen atoms in total. The molecular formula is C21H21N3O4. The predicted molar refractivity (Wildman–Crippen MR) is 105 cm³/mol. The number of nitrogens with zero attached hydrogens (tertiary/aromatic N) is 3. The number of amides is 1. The monoisotopic (exact) mass is 379 g/mol. The first-order valence-electron chi connectivity index (χ1n) is 9.26. The summed E-state index contributed by atoms with van der Waals surface area (Å²) >= 11 is 0. The standard InChI is InChI=1S/C21H21N3O4/c1-2-23(12-15-14-27-18-9-5-6-10-19(18)28-15)21(26)13-24-17-8-4-3-7-16(17)22-11-20(24)25/h3-11,15H,2,12-14H2,1H3. The minimum absolute atomic E-state index is 0.0418. The zero-order valence-corrected chi connectivity index (χ0v) is 15.6. The number of ether oxygens (including phenoxy) is 2. The molecule has 1 amide bonds. The van der Waals surface area contributed by atoms with Gasteiger partial charge >= 0.3 is 0 Å². The average molecular weight is 379 g/mol. The van der Waals surface area contributed by atoms with Crippen LogP contribution in [-0.4, -0.2) is 46.2 Å². The number of likely N-dealkylation sites (N-methyl/N-ethyl adjacent to an activating group) is 1. The number of hydrogen-bond donors (Lipinski definition) is 0. The van der Waals surface area contributed by atoms with E-state index in [9.17, 15) is 9.59 Å². The Balaban J connectivity index is 1.50. The van der Waals surface area contributed by atoms with Crippen LogP contribution in [0.5, 0.6) is 11.5 Å². The highest BCUT2D eigenvalue weighted by atomic mass is 16.6. The third kappa shape index (κ3) is 3.55. The van der Waals surface area contributed by atoms with Crippen LogP contribution in [0.1, 0.15) is 6.92 Å². The summed E-state index contributed by atoms with van der Waals surface area (Å²) in [5, 5.41) is 0. The van der Waals surface area contributed by atoms with Gasteiger partial charge in [0.15, 0.2) is 17.6 Å². The Morgan fingerprint density at radius 1 is 1.18 bits per heavy atom. The number of carbonyl (C=O) groups excluding carboxylic acids is 1. The van der Waals surface area contributed by atoms with Gasteiger partial charge in [0.25, 0.3) is 5.56 Å². The van der Waals surface area contributed by atoms with Crippen molar-refractivity contribution in [3.8, 4) is 11.5 Å². The van der Waals surface area contributed by atoms with E-state index in [1.807, 2.05) is 49.4 Å². The molecule has 2 heterocycles. The molecule has 1 aliphatic heterocycles. The number of para-hydroxylation sites is 4. The lowest BCUT2D eigenvalue weighted by molar-refractivity contribution is -0.133. The third-order valence-corrected chi connectivity index (χ3v) is 4.77. The molecule has 144 valence electrons. The molecule has 3 aromatic rings. The highest BCUT2D eigenvalue weighted by Gasteiger charge is 2.25. The Labute approximate surface area is 162 Å². The minimum atomic E-state index is -0.297. The van der Waals surface area contributed by atoms with E-state index in [2.05, 4.69) is 4.98 Å². The number of rotatable bonds is 5. The zero-order valence-electron chi connectivity index (χ0n) is 15.6. The van der Waals surface area contributed by atoms with Crippen molar-refractivity contribution < 1.29 is 14.3 Å². The summed E-state index contributed by atoms with van der Waals surface area (Å²) in [5.41, 5.74) is 1.03. The van der Waals surface area contributed by atoms with Gasteiger partial charge in [0.05, 0.1) is 23.8 Å². The van der Waals surface area contributed by atoms with Gasteiger partial charge in [-0.25, -0.2) is 4.98 Å². The smallest absolute Gasteiger partial charge is 0.269 e. The number of carbonyl (C=O) groups is 1. The molecule has 0 saturated heterocycles. The molecule has 7 heteroatoms. The summed E-state index contributed by atoms with van der Waals surface area (Å²) in [6.07, 6.45) is 0.991. The molecule has 28 heavy (non-hydrogen) atoms. The predicted octanol–water partition coefficient (Wildman–Crippen LogP) is 2.08. The van der Waals surface area contributed by atoms with Crippen LogP contribution in [0.25, 0.3) is 11.0 Å². The summed E-state index contributed by atoms with van der Waals surface area (Å²) in [6.45, 7) is 3.14.